The van der Waals surface area contributed by atoms with Gasteiger partial charge in [0.05, 0.1) is 26.7 Å². The molecule has 0 bridgehead atoms. The normalized spacial score (nSPS) is 17.2. The minimum Gasteiger partial charge on any atom is -0.493 e. The Morgan fingerprint density at radius 1 is 1.25 bits per heavy atom. The minimum absolute atomic E-state index is 0.113. The first-order valence-electron chi connectivity index (χ1n) is 6.83. The number of rotatable bonds is 5. The Balaban J connectivity index is 2.26. The second-order valence-corrected chi connectivity index (χ2v) is 4.78. The van der Waals surface area contributed by atoms with Crippen LogP contribution in [0.5, 0.6) is 11.5 Å². The molecule has 0 amide bonds. The van der Waals surface area contributed by atoms with Gasteiger partial charge < -0.3 is 14.8 Å². The lowest BCUT2D eigenvalue weighted by molar-refractivity contribution is 0.175. The molecule has 20 heavy (non-hydrogen) atoms. The van der Waals surface area contributed by atoms with E-state index in [0.29, 0.717) is 17.9 Å². The molecule has 1 saturated heterocycles. The van der Waals surface area contributed by atoms with E-state index in [0.717, 1.165) is 31.7 Å². The molecule has 0 saturated carbocycles. The van der Waals surface area contributed by atoms with E-state index in [1.165, 1.54) is 0 Å². The van der Waals surface area contributed by atoms with Gasteiger partial charge in [0, 0.05) is 32.2 Å². The predicted octanol–water partition coefficient (Wildman–Crippen LogP) is 1.56. The summed E-state index contributed by atoms with van der Waals surface area (Å²) in [6.45, 7) is 3.85. The molecule has 1 fully saturated rings. The van der Waals surface area contributed by atoms with Crippen molar-refractivity contribution in [2.75, 3.05) is 40.4 Å². The maximum Gasteiger partial charge on any atom is 0.161 e. The lowest BCUT2D eigenvalue weighted by atomic mass is 10.0. The van der Waals surface area contributed by atoms with Crippen molar-refractivity contribution in [2.45, 2.75) is 12.5 Å². The van der Waals surface area contributed by atoms with Crippen molar-refractivity contribution in [2.24, 2.45) is 0 Å². The molecule has 5 heteroatoms. The van der Waals surface area contributed by atoms with Gasteiger partial charge in [-0.2, -0.15) is 5.26 Å². The Morgan fingerprint density at radius 2 is 1.95 bits per heavy atom. The molecule has 0 unspecified atom stereocenters. The van der Waals surface area contributed by atoms with E-state index in [2.05, 4.69) is 16.3 Å². The summed E-state index contributed by atoms with van der Waals surface area (Å²) in [7, 11) is 3.26. The van der Waals surface area contributed by atoms with Crippen molar-refractivity contribution in [3.8, 4) is 17.6 Å². The molecule has 0 aromatic heterocycles. The van der Waals surface area contributed by atoms with Crippen LogP contribution >= 0.6 is 0 Å². The van der Waals surface area contributed by atoms with Gasteiger partial charge in [0.1, 0.15) is 0 Å². The van der Waals surface area contributed by atoms with E-state index in [9.17, 15) is 0 Å². The van der Waals surface area contributed by atoms with E-state index < -0.39 is 0 Å². The highest BCUT2D eigenvalue weighted by atomic mass is 16.5. The predicted molar refractivity (Wildman–Crippen MR) is 77.0 cm³/mol. The number of hydrogen-bond acceptors (Lipinski definition) is 5. The molecule has 1 atom stereocenters. The highest BCUT2D eigenvalue weighted by Gasteiger charge is 2.23. The van der Waals surface area contributed by atoms with Gasteiger partial charge in [-0.15, -0.1) is 0 Å². The van der Waals surface area contributed by atoms with Crippen LogP contribution in [-0.4, -0.2) is 45.3 Å². The topological polar surface area (TPSA) is 57.5 Å². The number of nitriles is 1. The molecular weight excluding hydrogens is 254 g/mol. The Bertz CT molecular complexity index is 478. The zero-order valence-corrected chi connectivity index (χ0v) is 12.1. The van der Waals surface area contributed by atoms with Gasteiger partial charge in [-0.1, -0.05) is 6.07 Å². The average Bonchev–Trinajstić information content (AvgIpc) is 2.52. The smallest absolute Gasteiger partial charge is 0.161 e. The number of piperazine rings is 1. The van der Waals surface area contributed by atoms with Gasteiger partial charge in [0.15, 0.2) is 11.5 Å². The molecule has 1 heterocycles. The fraction of sp³-hybridized carbons (Fsp3) is 0.533. The fourth-order valence-corrected chi connectivity index (χ4v) is 2.60. The SMILES string of the molecule is COc1ccc([C@H](CC#N)N2CCNCC2)cc1OC. The lowest BCUT2D eigenvalue weighted by Gasteiger charge is -2.34. The van der Waals surface area contributed by atoms with Gasteiger partial charge in [-0.25, -0.2) is 0 Å². The monoisotopic (exact) mass is 275 g/mol. The molecule has 108 valence electrons. The number of benzene rings is 1. The molecule has 5 nitrogen and oxygen atoms in total. The van der Waals surface area contributed by atoms with Crippen LogP contribution in [0, 0.1) is 11.3 Å². The number of nitrogens with zero attached hydrogens (tertiary/aromatic N) is 2. The molecule has 0 aliphatic carbocycles. The van der Waals surface area contributed by atoms with Crippen LogP contribution in [0.1, 0.15) is 18.0 Å². The van der Waals surface area contributed by atoms with Crippen LogP contribution < -0.4 is 14.8 Å². The van der Waals surface area contributed by atoms with Crippen molar-refractivity contribution in [1.82, 2.24) is 10.2 Å². The van der Waals surface area contributed by atoms with Gasteiger partial charge >= 0.3 is 0 Å². The second kappa shape index (κ2) is 7.13. The van der Waals surface area contributed by atoms with Crippen molar-refractivity contribution >= 4 is 0 Å². The fourth-order valence-electron chi connectivity index (χ4n) is 2.60. The molecule has 1 aromatic rings. The molecule has 0 spiro atoms. The second-order valence-electron chi connectivity index (χ2n) is 4.78. The molecule has 1 aromatic carbocycles. The van der Waals surface area contributed by atoms with E-state index in [-0.39, 0.29) is 6.04 Å². The maximum absolute atomic E-state index is 9.11. The molecule has 1 N–H and O–H groups in total. The summed E-state index contributed by atoms with van der Waals surface area (Å²) < 4.78 is 10.6. The average molecular weight is 275 g/mol. The Hall–Kier alpha value is -1.77. The summed E-state index contributed by atoms with van der Waals surface area (Å²) in [5.74, 6) is 1.43. The summed E-state index contributed by atoms with van der Waals surface area (Å²) in [4.78, 5) is 2.35. The van der Waals surface area contributed by atoms with Crippen molar-refractivity contribution in [1.29, 1.82) is 5.26 Å². The largest absolute Gasteiger partial charge is 0.493 e. The summed E-state index contributed by atoms with van der Waals surface area (Å²) in [5.41, 5.74) is 1.10. The zero-order chi connectivity index (χ0) is 14.4. The van der Waals surface area contributed by atoms with E-state index in [1.54, 1.807) is 14.2 Å². The first-order valence-corrected chi connectivity index (χ1v) is 6.83. The highest BCUT2D eigenvalue weighted by molar-refractivity contribution is 5.44. The summed E-state index contributed by atoms with van der Waals surface area (Å²) >= 11 is 0. The van der Waals surface area contributed by atoms with Crippen molar-refractivity contribution in [3.05, 3.63) is 23.8 Å². The van der Waals surface area contributed by atoms with Gasteiger partial charge in [0.25, 0.3) is 0 Å². The molecule has 0 radical (unpaired) electrons. The minimum atomic E-state index is 0.113. The van der Waals surface area contributed by atoms with E-state index in [4.69, 9.17) is 14.7 Å². The van der Waals surface area contributed by atoms with E-state index in [1.807, 2.05) is 18.2 Å². The van der Waals surface area contributed by atoms with Crippen LogP contribution in [0.25, 0.3) is 0 Å². The summed E-state index contributed by atoms with van der Waals surface area (Å²) in [6, 6.07) is 8.31. The quantitative estimate of drug-likeness (QED) is 0.884. The Morgan fingerprint density at radius 3 is 2.55 bits per heavy atom. The third-order valence-corrected chi connectivity index (χ3v) is 3.67. The van der Waals surface area contributed by atoms with Gasteiger partial charge in [0.2, 0.25) is 0 Å². The van der Waals surface area contributed by atoms with Crippen LogP contribution in [-0.2, 0) is 0 Å². The van der Waals surface area contributed by atoms with Crippen LogP contribution in [0.15, 0.2) is 18.2 Å². The van der Waals surface area contributed by atoms with Crippen LogP contribution in [0.2, 0.25) is 0 Å². The highest BCUT2D eigenvalue weighted by Crippen LogP contribution is 2.33. The number of ether oxygens (including phenoxy) is 2. The molecule has 2 rings (SSSR count). The Kier molecular flexibility index (Phi) is 5.22. The first-order chi connectivity index (χ1) is 9.80. The van der Waals surface area contributed by atoms with Crippen LogP contribution in [0.3, 0.4) is 0 Å². The zero-order valence-electron chi connectivity index (χ0n) is 12.1. The summed E-state index contributed by atoms with van der Waals surface area (Å²) in [5, 5.41) is 12.4. The van der Waals surface area contributed by atoms with Gasteiger partial charge in [-0.05, 0) is 17.7 Å². The van der Waals surface area contributed by atoms with Gasteiger partial charge in [-0.3, -0.25) is 4.90 Å². The van der Waals surface area contributed by atoms with Crippen LogP contribution in [0.4, 0.5) is 0 Å². The van der Waals surface area contributed by atoms with E-state index >= 15 is 0 Å². The maximum atomic E-state index is 9.11. The first kappa shape index (κ1) is 14.6. The molecule has 1 aliphatic rings. The number of hydrogen-bond donors (Lipinski definition) is 1. The third-order valence-electron chi connectivity index (χ3n) is 3.67. The number of methoxy groups -OCH3 is 2. The lowest BCUT2D eigenvalue weighted by Crippen LogP contribution is -2.45. The number of nitrogens with one attached hydrogen (secondary N) is 1. The standard InChI is InChI=1S/C15H21N3O2/c1-19-14-4-3-12(11-15(14)20-2)13(5-6-16)18-9-7-17-8-10-18/h3-4,11,13,17H,5,7-10H2,1-2H3/t13-/m0/s1. The van der Waals surface area contributed by atoms with Crippen molar-refractivity contribution in [3.63, 3.8) is 0 Å². The van der Waals surface area contributed by atoms with Crippen molar-refractivity contribution < 1.29 is 9.47 Å². The molecule has 1 aliphatic heterocycles. The third kappa shape index (κ3) is 3.21. The summed E-state index contributed by atoms with van der Waals surface area (Å²) in [6.07, 6.45) is 0.482. The molecular formula is C15H21N3O2. The Labute approximate surface area is 120 Å².